The minimum atomic E-state index is -0.919. The maximum atomic E-state index is 12.1. The molecular weight excluding hydrogens is 356 g/mol. The SMILES string of the molecule is CC(C)(C)c1ccc(OCC(=O)N/N=C(/CCC(=O)O)c2ccccc2)cc1. The molecule has 0 aliphatic heterocycles. The molecule has 148 valence electrons. The summed E-state index contributed by atoms with van der Waals surface area (Å²) in [5, 5.41) is 13.0. The number of carboxylic acids is 1. The normalized spacial score (nSPS) is 11.8. The topological polar surface area (TPSA) is 88.0 Å². The molecule has 2 aromatic carbocycles. The van der Waals surface area contributed by atoms with E-state index in [1.165, 1.54) is 5.56 Å². The first-order valence-electron chi connectivity index (χ1n) is 9.11. The summed E-state index contributed by atoms with van der Waals surface area (Å²) in [7, 11) is 0. The van der Waals surface area contributed by atoms with Crippen molar-refractivity contribution >= 4 is 17.6 Å². The van der Waals surface area contributed by atoms with Crippen LogP contribution in [0.4, 0.5) is 0 Å². The number of carbonyl (C=O) groups excluding carboxylic acids is 1. The highest BCUT2D eigenvalue weighted by atomic mass is 16.5. The fourth-order valence-corrected chi connectivity index (χ4v) is 2.48. The van der Waals surface area contributed by atoms with Crippen LogP contribution < -0.4 is 10.2 Å². The Hall–Kier alpha value is -3.15. The molecule has 0 aliphatic carbocycles. The van der Waals surface area contributed by atoms with Crippen LogP contribution in [0, 0.1) is 0 Å². The van der Waals surface area contributed by atoms with E-state index >= 15 is 0 Å². The molecule has 0 atom stereocenters. The molecule has 0 radical (unpaired) electrons. The number of ether oxygens (including phenoxy) is 1. The summed E-state index contributed by atoms with van der Waals surface area (Å²) in [4.78, 5) is 22.9. The van der Waals surface area contributed by atoms with Gasteiger partial charge in [-0.25, -0.2) is 5.43 Å². The summed E-state index contributed by atoms with van der Waals surface area (Å²) in [5.41, 5.74) is 4.94. The molecule has 0 spiro atoms. The monoisotopic (exact) mass is 382 g/mol. The molecule has 0 saturated heterocycles. The third-order valence-electron chi connectivity index (χ3n) is 4.09. The summed E-state index contributed by atoms with van der Waals surface area (Å²) >= 11 is 0. The van der Waals surface area contributed by atoms with Gasteiger partial charge in [-0.05, 0) is 28.7 Å². The summed E-state index contributed by atoms with van der Waals surface area (Å²) in [6, 6.07) is 16.8. The second-order valence-corrected chi connectivity index (χ2v) is 7.42. The molecule has 2 aromatic rings. The molecule has 0 unspecified atom stereocenters. The quantitative estimate of drug-likeness (QED) is 0.538. The number of nitrogens with one attached hydrogen (secondary N) is 1. The number of benzene rings is 2. The van der Waals surface area contributed by atoms with E-state index in [9.17, 15) is 9.59 Å². The number of carboxylic acid groups (broad SMARTS) is 1. The van der Waals surface area contributed by atoms with Crippen LogP contribution in [0.1, 0.15) is 44.7 Å². The fraction of sp³-hybridized carbons (Fsp3) is 0.318. The second-order valence-electron chi connectivity index (χ2n) is 7.42. The highest BCUT2D eigenvalue weighted by molar-refractivity contribution is 6.02. The molecule has 0 aromatic heterocycles. The molecular formula is C22H26N2O4. The lowest BCUT2D eigenvalue weighted by Crippen LogP contribution is -2.26. The molecule has 0 saturated carbocycles. The number of hydrogen-bond donors (Lipinski definition) is 2. The van der Waals surface area contributed by atoms with Crippen molar-refractivity contribution < 1.29 is 19.4 Å². The van der Waals surface area contributed by atoms with Gasteiger partial charge in [-0.3, -0.25) is 9.59 Å². The Morgan fingerprint density at radius 2 is 1.64 bits per heavy atom. The highest BCUT2D eigenvalue weighted by Crippen LogP contribution is 2.24. The standard InChI is InChI=1S/C22H26N2O4/c1-22(2,3)17-9-11-18(12-10-17)28-15-20(25)24-23-19(13-14-21(26)27)16-7-5-4-6-8-16/h4-12H,13-15H2,1-3H3,(H,24,25)(H,26,27)/b23-19-. The Labute approximate surface area is 165 Å². The number of carbonyl (C=O) groups is 2. The van der Waals surface area contributed by atoms with E-state index in [1.54, 1.807) is 0 Å². The van der Waals surface area contributed by atoms with Gasteiger partial charge in [-0.2, -0.15) is 5.10 Å². The highest BCUT2D eigenvalue weighted by Gasteiger charge is 2.13. The van der Waals surface area contributed by atoms with Crippen molar-refractivity contribution in [2.75, 3.05) is 6.61 Å². The zero-order chi connectivity index (χ0) is 20.6. The van der Waals surface area contributed by atoms with Gasteiger partial charge >= 0.3 is 5.97 Å². The lowest BCUT2D eigenvalue weighted by atomic mass is 9.87. The van der Waals surface area contributed by atoms with E-state index < -0.39 is 11.9 Å². The lowest BCUT2D eigenvalue weighted by Gasteiger charge is -2.19. The van der Waals surface area contributed by atoms with Crippen LogP contribution in [-0.2, 0) is 15.0 Å². The zero-order valence-corrected chi connectivity index (χ0v) is 16.4. The first-order chi connectivity index (χ1) is 13.3. The van der Waals surface area contributed by atoms with E-state index in [0.717, 1.165) is 5.56 Å². The van der Waals surface area contributed by atoms with Gasteiger partial charge in [-0.1, -0.05) is 63.2 Å². The van der Waals surface area contributed by atoms with E-state index in [1.807, 2.05) is 54.6 Å². The van der Waals surface area contributed by atoms with Crippen LogP contribution in [-0.4, -0.2) is 29.3 Å². The number of hydrogen-bond acceptors (Lipinski definition) is 4. The van der Waals surface area contributed by atoms with E-state index in [-0.39, 0.29) is 24.9 Å². The third kappa shape index (κ3) is 6.87. The molecule has 0 heterocycles. The van der Waals surface area contributed by atoms with Crippen LogP contribution in [0.3, 0.4) is 0 Å². The third-order valence-corrected chi connectivity index (χ3v) is 4.09. The molecule has 28 heavy (non-hydrogen) atoms. The predicted molar refractivity (Wildman–Crippen MR) is 109 cm³/mol. The average Bonchev–Trinajstić information content (AvgIpc) is 2.66. The van der Waals surface area contributed by atoms with Gasteiger partial charge in [0, 0.05) is 6.42 Å². The van der Waals surface area contributed by atoms with Crippen LogP contribution in [0.15, 0.2) is 59.7 Å². The first-order valence-corrected chi connectivity index (χ1v) is 9.11. The Balaban J connectivity index is 1.95. The Kier molecular flexibility index (Phi) is 7.32. The van der Waals surface area contributed by atoms with Crippen molar-refractivity contribution in [3.63, 3.8) is 0 Å². The summed E-state index contributed by atoms with van der Waals surface area (Å²) in [6.07, 6.45) is 0.148. The average molecular weight is 382 g/mol. The Bertz CT molecular complexity index is 822. The molecule has 0 aliphatic rings. The van der Waals surface area contributed by atoms with E-state index in [0.29, 0.717) is 11.5 Å². The van der Waals surface area contributed by atoms with Gasteiger partial charge in [0.05, 0.1) is 12.1 Å². The molecule has 6 heteroatoms. The number of rotatable bonds is 8. The van der Waals surface area contributed by atoms with Crippen LogP contribution in [0.5, 0.6) is 5.75 Å². The minimum absolute atomic E-state index is 0.0500. The lowest BCUT2D eigenvalue weighted by molar-refractivity contribution is -0.136. The van der Waals surface area contributed by atoms with Crippen molar-refractivity contribution in [2.45, 2.75) is 39.0 Å². The largest absolute Gasteiger partial charge is 0.484 e. The summed E-state index contributed by atoms with van der Waals surface area (Å²) < 4.78 is 5.50. The zero-order valence-electron chi connectivity index (χ0n) is 16.4. The van der Waals surface area contributed by atoms with Crippen molar-refractivity contribution in [3.05, 3.63) is 65.7 Å². The maximum absolute atomic E-state index is 12.1. The molecule has 6 nitrogen and oxygen atoms in total. The minimum Gasteiger partial charge on any atom is -0.484 e. The number of aliphatic carboxylic acids is 1. The van der Waals surface area contributed by atoms with Crippen LogP contribution in [0.2, 0.25) is 0 Å². The number of hydrazone groups is 1. The van der Waals surface area contributed by atoms with Gasteiger partial charge in [-0.15, -0.1) is 0 Å². The van der Waals surface area contributed by atoms with Gasteiger partial charge in [0.15, 0.2) is 6.61 Å². The second kappa shape index (κ2) is 9.69. The first kappa shape index (κ1) is 21.2. The van der Waals surface area contributed by atoms with E-state index in [2.05, 4.69) is 31.3 Å². The van der Waals surface area contributed by atoms with Crippen molar-refractivity contribution in [2.24, 2.45) is 5.10 Å². The molecule has 0 bridgehead atoms. The van der Waals surface area contributed by atoms with E-state index in [4.69, 9.17) is 9.84 Å². The van der Waals surface area contributed by atoms with Crippen LogP contribution >= 0.6 is 0 Å². The van der Waals surface area contributed by atoms with Gasteiger partial charge in [0.1, 0.15) is 5.75 Å². The van der Waals surface area contributed by atoms with Crippen LogP contribution in [0.25, 0.3) is 0 Å². The summed E-state index contributed by atoms with van der Waals surface area (Å²) in [6.45, 7) is 6.20. The van der Waals surface area contributed by atoms with Crippen molar-refractivity contribution in [3.8, 4) is 5.75 Å². The van der Waals surface area contributed by atoms with Gasteiger partial charge in [0.25, 0.3) is 5.91 Å². The smallest absolute Gasteiger partial charge is 0.303 e. The maximum Gasteiger partial charge on any atom is 0.303 e. The molecule has 0 fully saturated rings. The Morgan fingerprint density at radius 3 is 2.21 bits per heavy atom. The fourth-order valence-electron chi connectivity index (χ4n) is 2.48. The number of amides is 1. The Morgan fingerprint density at radius 1 is 1.00 bits per heavy atom. The molecule has 1 amide bonds. The number of nitrogens with zero attached hydrogens (tertiary/aromatic N) is 1. The van der Waals surface area contributed by atoms with Crippen molar-refractivity contribution in [1.82, 2.24) is 5.43 Å². The molecule has 2 rings (SSSR count). The van der Waals surface area contributed by atoms with Crippen molar-refractivity contribution in [1.29, 1.82) is 0 Å². The predicted octanol–water partition coefficient (Wildman–Crippen LogP) is 3.75. The van der Waals surface area contributed by atoms with Gasteiger partial charge < -0.3 is 9.84 Å². The summed E-state index contributed by atoms with van der Waals surface area (Å²) in [5.74, 6) is -0.734. The molecule has 2 N–H and O–H groups in total. The van der Waals surface area contributed by atoms with Gasteiger partial charge in [0.2, 0.25) is 0 Å².